The highest BCUT2D eigenvalue weighted by molar-refractivity contribution is 4.81. The van der Waals surface area contributed by atoms with Crippen LogP contribution in [-0.2, 0) is 14.2 Å². The third-order valence-electron chi connectivity index (χ3n) is 2.62. The van der Waals surface area contributed by atoms with E-state index in [-0.39, 0.29) is 12.4 Å². The highest BCUT2D eigenvalue weighted by Gasteiger charge is 2.16. The molecule has 0 aliphatic carbocycles. The van der Waals surface area contributed by atoms with Crippen molar-refractivity contribution in [2.75, 3.05) is 19.8 Å². The Hall–Kier alpha value is -0.380. The van der Waals surface area contributed by atoms with Crippen LogP contribution in [0, 0.1) is 0 Å². The van der Waals surface area contributed by atoms with E-state index in [1.807, 2.05) is 20.8 Å². The van der Waals surface area contributed by atoms with Gasteiger partial charge in [0.1, 0.15) is 0 Å². The third-order valence-corrected chi connectivity index (χ3v) is 2.62. The number of ether oxygens (including phenoxy) is 3. The van der Waals surface area contributed by atoms with Crippen LogP contribution in [0.3, 0.4) is 0 Å². The molecule has 3 nitrogen and oxygen atoms in total. The zero-order valence-corrected chi connectivity index (χ0v) is 12.5. The lowest BCUT2D eigenvalue weighted by atomic mass is 10.1. The molecule has 18 heavy (non-hydrogen) atoms. The lowest BCUT2D eigenvalue weighted by Crippen LogP contribution is -2.26. The number of hydrogen-bond acceptors (Lipinski definition) is 3. The molecule has 0 heterocycles. The minimum atomic E-state index is -0.133. The third kappa shape index (κ3) is 9.63. The molecule has 0 rings (SSSR count). The molecule has 0 radical (unpaired) electrons. The molecular formula is C15H30O3. The lowest BCUT2D eigenvalue weighted by molar-refractivity contribution is -0.157. The van der Waals surface area contributed by atoms with E-state index in [0.29, 0.717) is 13.2 Å². The Bertz CT molecular complexity index is 186. The van der Waals surface area contributed by atoms with Gasteiger partial charge in [0.2, 0.25) is 0 Å². The summed E-state index contributed by atoms with van der Waals surface area (Å²) in [4.78, 5) is 0. The van der Waals surface area contributed by atoms with Crippen LogP contribution < -0.4 is 0 Å². The van der Waals surface area contributed by atoms with Crippen molar-refractivity contribution >= 4 is 0 Å². The van der Waals surface area contributed by atoms with Crippen molar-refractivity contribution in [2.24, 2.45) is 0 Å². The van der Waals surface area contributed by atoms with Crippen molar-refractivity contribution < 1.29 is 14.2 Å². The van der Waals surface area contributed by atoms with Crippen molar-refractivity contribution in [1.82, 2.24) is 0 Å². The molecule has 1 atom stereocenters. The fourth-order valence-corrected chi connectivity index (χ4v) is 1.84. The summed E-state index contributed by atoms with van der Waals surface area (Å²) in [6.45, 7) is 10.3. The molecular weight excluding hydrogens is 228 g/mol. The maximum absolute atomic E-state index is 5.75. The van der Waals surface area contributed by atoms with Gasteiger partial charge < -0.3 is 14.2 Å². The smallest absolute Gasteiger partial charge is 0.160 e. The first-order chi connectivity index (χ1) is 8.78. The first-order valence-electron chi connectivity index (χ1n) is 7.28. The maximum Gasteiger partial charge on any atom is 0.160 e. The first kappa shape index (κ1) is 17.6. The summed E-state index contributed by atoms with van der Waals surface area (Å²) in [6.07, 6.45) is 8.51. The Labute approximate surface area is 112 Å². The fourth-order valence-electron chi connectivity index (χ4n) is 1.84. The van der Waals surface area contributed by atoms with Gasteiger partial charge in [-0.3, -0.25) is 0 Å². The van der Waals surface area contributed by atoms with Crippen LogP contribution >= 0.6 is 0 Å². The summed E-state index contributed by atoms with van der Waals surface area (Å²) in [5, 5.41) is 0. The molecule has 0 aliphatic heterocycles. The predicted molar refractivity (Wildman–Crippen MR) is 75.7 cm³/mol. The molecule has 0 spiro atoms. The molecule has 0 aromatic rings. The van der Waals surface area contributed by atoms with Crippen molar-refractivity contribution in [1.29, 1.82) is 0 Å². The molecule has 0 aliphatic rings. The van der Waals surface area contributed by atoms with Crippen LogP contribution in [0.25, 0.3) is 0 Å². The zero-order chi connectivity index (χ0) is 13.6. The van der Waals surface area contributed by atoms with Crippen LogP contribution in [-0.4, -0.2) is 32.2 Å². The Morgan fingerprint density at radius 3 is 1.94 bits per heavy atom. The van der Waals surface area contributed by atoms with Gasteiger partial charge in [-0.25, -0.2) is 0 Å². The van der Waals surface area contributed by atoms with E-state index in [0.717, 1.165) is 32.3 Å². The highest BCUT2D eigenvalue weighted by atomic mass is 16.7. The molecule has 0 saturated heterocycles. The predicted octanol–water partition coefficient (Wildman–Crippen LogP) is 3.93. The van der Waals surface area contributed by atoms with E-state index in [2.05, 4.69) is 19.1 Å². The Morgan fingerprint density at radius 1 is 0.833 bits per heavy atom. The van der Waals surface area contributed by atoms with Gasteiger partial charge in [0.15, 0.2) is 6.29 Å². The molecule has 0 aromatic carbocycles. The number of allylic oxidation sites excluding steroid dienone is 2. The monoisotopic (exact) mass is 258 g/mol. The largest absolute Gasteiger partial charge is 0.378 e. The summed E-state index contributed by atoms with van der Waals surface area (Å²) in [7, 11) is 0. The van der Waals surface area contributed by atoms with Crippen molar-refractivity contribution in [3.63, 3.8) is 0 Å². The molecule has 108 valence electrons. The van der Waals surface area contributed by atoms with Gasteiger partial charge in [0.05, 0.1) is 6.10 Å². The molecule has 0 amide bonds. The van der Waals surface area contributed by atoms with E-state index in [9.17, 15) is 0 Å². The van der Waals surface area contributed by atoms with Gasteiger partial charge in [-0.05, 0) is 40.0 Å². The fraction of sp³-hybridized carbons (Fsp3) is 0.867. The van der Waals surface area contributed by atoms with Crippen LogP contribution in [0.5, 0.6) is 0 Å². The second kappa shape index (κ2) is 13.1. The van der Waals surface area contributed by atoms with Gasteiger partial charge in [-0.15, -0.1) is 0 Å². The van der Waals surface area contributed by atoms with E-state index in [1.54, 1.807) is 0 Å². The molecule has 0 bridgehead atoms. The number of hydrogen-bond donors (Lipinski definition) is 0. The summed E-state index contributed by atoms with van der Waals surface area (Å²) >= 11 is 0. The summed E-state index contributed by atoms with van der Waals surface area (Å²) < 4.78 is 16.9. The Kier molecular flexibility index (Phi) is 12.8. The average Bonchev–Trinajstić information content (AvgIpc) is 2.35. The molecule has 0 N–H and O–H groups in total. The standard InChI is InChI=1S/C15H30O3/c1-5-9-10-11-12-14(16-6-2)13-15(17-7-3)18-8-4/h9-10,14-15H,5-8,11-13H2,1-4H3/b10-9-. The average molecular weight is 258 g/mol. The van der Waals surface area contributed by atoms with Crippen LogP contribution in [0.1, 0.15) is 53.4 Å². The van der Waals surface area contributed by atoms with E-state index < -0.39 is 0 Å². The maximum atomic E-state index is 5.75. The highest BCUT2D eigenvalue weighted by Crippen LogP contribution is 2.14. The van der Waals surface area contributed by atoms with Crippen LogP contribution in [0.4, 0.5) is 0 Å². The SMILES string of the molecule is CC/C=C\CCC(CC(OCC)OCC)OCC. The zero-order valence-electron chi connectivity index (χ0n) is 12.5. The minimum absolute atomic E-state index is 0.133. The van der Waals surface area contributed by atoms with E-state index >= 15 is 0 Å². The summed E-state index contributed by atoms with van der Waals surface area (Å²) in [6, 6.07) is 0. The van der Waals surface area contributed by atoms with Crippen LogP contribution in [0.2, 0.25) is 0 Å². The summed E-state index contributed by atoms with van der Waals surface area (Å²) in [5.41, 5.74) is 0. The van der Waals surface area contributed by atoms with Gasteiger partial charge in [0, 0.05) is 26.2 Å². The quantitative estimate of drug-likeness (QED) is 0.392. The summed E-state index contributed by atoms with van der Waals surface area (Å²) in [5.74, 6) is 0. The van der Waals surface area contributed by atoms with Gasteiger partial charge in [-0.1, -0.05) is 19.1 Å². The van der Waals surface area contributed by atoms with Gasteiger partial charge >= 0.3 is 0 Å². The van der Waals surface area contributed by atoms with Crippen molar-refractivity contribution in [2.45, 2.75) is 65.8 Å². The van der Waals surface area contributed by atoms with Gasteiger partial charge in [-0.2, -0.15) is 0 Å². The Balaban J connectivity index is 4.07. The van der Waals surface area contributed by atoms with E-state index in [1.165, 1.54) is 0 Å². The molecule has 3 heteroatoms. The minimum Gasteiger partial charge on any atom is -0.378 e. The van der Waals surface area contributed by atoms with Crippen molar-refractivity contribution in [3.05, 3.63) is 12.2 Å². The normalized spacial score (nSPS) is 13.6. The first-order valence-corrected chi connectivity index (χ1v) is 7.28. The van der Waals surface area contributed by atoms with E-state index in [4.69, 9.17) is 14.2 Å². The molecule has 1 unspecified atom stereocenters. The van der Waals surface area contributed by atoms with Gasteiger partial charge in [0.25, 0.3) is 0 Å². The van der Waals surface area contributed by atoms with Crippen molar-refractivity contribution in [3.8, 4) is 0 Å². The number of rotatable bonds is 12. The second-order valence-electron chi connectivity index (χ2n) is 4.11. The lowest BCUT2D eigenvalue weighted by Gasteiger charge is -2.23. The molecule has 0 fully saturated rings. The van der Waals surface area contributed by atoms with Crippen LogP contribution in [0.15, 0.2) is 12.2 Å². The molecule has 0 saturated carbocycles. The Morgan fingerprint density at radius 2 is 1.44 bits per heavy atom. The molecule has 0 aromatic heterocycles. The second-order valence-corrected chi connectivity index (χ2v) is 4.11. The topological polar surface area (TPSA) is 27.7 Å².